The van der Waals surface area contributed by atoms with E-state index < -0.39 is 18.3 Å². The highest BCUT2D eigenvalue weighted by molar-refractivity contribution is 6.63. The summed E-state index contributed by atoms with van der Waals surface area (Å²) < 4.78 is 12.1. The van der Waals surface area contributed by atoms with Crippen LogP contribution in [-0.2, 0) is 9.31 Å². The van der Waals surface area contributed by atoms with E-state index in [0.717, 1.165) is 31.4 Å². The Labute approximate surface area is 132 Å². The summed E-state index contributed by atoms with van der Waals surface area (Å²) in [5.74, 6) is -0.0252. The quantitative estimate of drug-likeness (QED) is 0.779. The van der Waals surface area contributed by atoms with E-state index in [1.807, 2.05) is 44.7 Å². The number of rotatable bonds is 2. The largest absolute Gasteiger partial charge is 0.497 e. The van der Waals surface area contributed by atoms with Gasteiger partial charge in [0.1, 0.15) is 5.69 Å². The van der Waals surface area contributed by atoms with Crippen molar-refractivity contribution in [2.75, 3.05) is 13.1 Å². The minimum atomic E-state index is -0.555. The van der Waals surface area contributed by atoms with E-state index in [4.69, 9.17) is 9.31 Å². The molecule has 3 heterocycles. The molecular formula is C16H23BN2O3. The standard InChI is InChI=1S/C16H23BN2O3/c1-15(2)16(3,4)22-17(21-15)12-8-7-9-18-13(12)14(20)19-10-5-6-11-19/h7-9H,5-6,10-11H2,1-4H3. The summed E-state index contributed by atoms with van der Waals surface area (Å²) in [6.45, 7) is 9.63. The smallest absolute Gasteiger partial charge is 0.399 e. The van der Waals surface area contributed by atoms with Crippen molar-refractivity contribution in [1.82, 2.24) is 9.88 Å². The molecule has 0 N–H and O–H groups in total. The Bertz CT molecular complexity index is 567. The molecule has 0 bridgehead atoms. The van der Waals surface area contributed by atoms with Gasteiger partial charge in [0.15, 0.2) is 0 Å². The van der Waals surface area contributed by atoms with Crippen molar-refractivity contribution in [1.29, 1.82) is 0 Å². The minimum absolute atomic E-state index is 0.0252. The highest BCUT2D eigenvalue weighted by Crippen LogP contribution is 2.36. The van der Waals surface area contributed by atoms with Crippen LogP contribution < -0.4 is 5.46 Å². The van der Waals surface area contributed by atoms with E-state index in [2.05, 4.69) is 4.98 Å². The van der Waals surface area contributed by atoms with Crippen molar-refractivity contribution in [3.05, 3.63) is 24.0 Å². The fraction of sp³-hybridized carbons (Fsp3) is 0.625. The second-order valence-corrected chi connectivity index (χ2v) is 7.03. The lowest BCUT2D eigenvalue weighted by atomic mass is 9.77. The Morgan fingerprint density at radius 3 is 2.36 bits per heavy atom. The van der Waals surface area contributed by atoms with Gasteiger partial charge in [0.25, 0.3) is 5.91 Å². The minimum Gasteiger partial charge on any atom is -0.399 e. The van der Waals surface area contributed by atoms with E-state index in [1.165, 1.54) is 0 Å². The molecule has 0 spiro atoms. The molecule has 2 saturated heterocycles. The Morgan fingerprint density at radius 1 is 1.18 bits per heavy atom. The molecule has 3 rings (SSSR count). The number of aromatic nitrogens is 1. The number of hydrogen-bond donors (Lipinski definition) is 0. The number of pyridine rings is 1. The zero-order valence-corrected chi connectivity index (χ0v) is 13.8. The number of amides is 1. The molecule has 1 aromatic heterocycles. The third-order valence-electron chi connectivity index (χ3n) is 4.94. The van der Waals surface area contributed by atoms with E-state index >= 15 is 0 Å². The normalized spacial score (nSPS) is 23.1. The number of carbonyl (C=O) groups excluding carboxylic acids is 1. The zero-order valence-electron chi connectivity index (χ0n) is 13.8. The Morgan fingerprint density at radius 2 is 1.77 bits per heavy atom. The van der Waals surface area contributed by atoms with Crippen LogP contribution in [0.3, 0.4) is 0 Å². The van der Waals surface area contributed by atoms with E-state index in [9.17, 15) is 4.79 Å². The van der Waals surface area contributed by atoms with Gasteiger partial charge < -0.3 is 14.2 Å². The maximum Gasteiger partial charge on any atom is 0.497 e. The summed E-state index contributed by atoms with van der Waals surface area (Å²) in [5, 5.41) is 0. The number of nitrogens with zero attached hydrogens (tertiary/aromatic N) is 2. The van der Waals surface area contributed by atoms with Crippen LogP contribution in [0.1, 0.15) is 51.0 Å². The lowest BCUT2D eigenvalue weighted by Gasteiger charge is -2.32. The summed E-state index contributed by atoms with van der Waals surface area (Å²) in [6.07, 6.45) is 3.77. The summed E-state index contributed by atoms with van der Waals surface area (Å²) >= 11 is 0. The molecule has 0 aliphatic carbocycles. The Balaban J connectivity index is 1.91. The number of carbonyl (C=O) groups is 1. The van der Waals surface area contributed by atoms with Crippen molar-refractivity contribution in [2.45, 2.75) is 51.7 Å². The van der Waals surface area contributed by atoms with Crippen LogP contribution in [0.4, 0.5) is 0 Å². The van der Waals surface area contributed by atoms with Gasteiger partial charge in [-0.1, -0.05) is 6.07 Å². The lowest BCUT2D eigenvalue weighted by molar-refractivity contribution is 0.00578. The summed E-state index contributed by atoms with van der Waals surface area (Å²) in [5.41, 5.74) is 0.309. The summed E-state index contributed by atoms with van der Waals surface area (Å²) in [4.78, 5) is 18.9. The molecule has 6 heteroatoms. The second kappa shape index (κ2) is 5.35. The zero-order chi connectivity index (χ0) is 16.0. The molecule has 0 unspecified atom stereocenters. The van der Waals surface area contributed by atoms with Gasteiger partial charge in [-0.2, -0.15) is 0 Å². The molecule has 22 heavy (non-hydrogen) atoms. The van der Waals surface area contributed by atoms with Gasteiger partial charge in [0.05, 0.1) is 11.2 Å². The number of likely N-dealkylation sites (tertiary alicyclic amines) is 1. The maximum absolute atomic E-state index is 12.7. The molecule has 2 aliphatic heterocycles. The predicted molar refractivity (Wildman–Crippen MR) is 85.1 cm³/mol. The van der Waals surface area contributed by atoms with Crippen LogP contribution in [0, 0.1) is 0 Å². The van der Waals surface area contributed by atoms with Crippen molar-refractivity contribution in [3.63, 3.8) is 0 Å². The first-order valence-electron chi connectivity index (χ1n) is 7.92. The third kappa shape index (κ3) is 2.54. The van der Waals surface area contributed by atoms with Gasteiger partial charge in [-0.25, -0.2) is 0 Å². The third-order valence-corrected chi connectivity index (χ3v) is 4.94. The average Bonchev–Trinajstić information content (AvgIpc) is 3.05. The van der Waals surface area contributed by atoms with Gasteiger partial charge in [-0.3, -0.25) is 9.78 Å². The molecule has 0 radical (unpaired) electrons. The molecule has 118 valence electrons. The van der Waals surface area contributed by atoms with E-state index in [0.29, 0.717) is 5.69 Å². The van der Waals surface area contributed by atoms with Gasteiger partial charge in [-0.15, -0.1) is 0 Å². The molecule has 0 atom stereocenters. The first-order valence-corrected chi connectivity index (χ1v) is 7.92. The molecule has 1 aromatic rings. The average molecular weight is 302 g/mol. The van der Waals surface area contributed by atoms with Crippen molar-refractivity contribution in [2.24, 2.45) is 0 Å². The molecule has 2 aliphatic rings. The van der Waals surface area contributed by atoms with Crippen LogP contribution in [0.25, 0.3) is 0 Å². The van der Waals surface area contributed by atoms with E-state index in [-0.39, 0.29) is 5.91 Å². The van der Waals surface area contributed by atoms with Crippen LogP contribution in [0.15, 0.2) is 18.3 Å². The fourth-order valence-electron chi connectivity index (χ4n) is 2.83. The molecular weight excluding hydrogens is 279 g/mol. The van der Waals surface area contributed by atoms with Crippen molar-refractivity contribution in [3.8, 4) is 0 Å². The SMILES string of the molecule is CC1(C)OB(c2cccnc2C(=O)N2CCCC2)OC1(C)C. The van der Waals surface area contributed by atoms with Crippen molar-refractivity contribution < 1.29 is 14.1 Å². The topological polar surface area (TPSA) is 51.7 Å². The van der Waals surface area contributed by atoms with E-state index in [1.54, 1.807) is 6.20 Å². The molecule has 0 saturated carbocycles. The second-order valence-electron chi connectivity index (χ2n) is 7.03. The van der Waals surface area contributed by atoms with Gasteiger partial charge >= 0.3 is 7.12 Å². The van der Waals surface area contributed by atoms with Gasteiger partial charge in [-0.05, 0) is 46.6 Å². The molecule has 0 aromatic carbocycles. The van der Waals surface area contributed by atoms with Crippen LogP contribution >= 0.6 is 0 Å². The molecule has 1 amide bonds. The highest BCUT2D eigenvalue weighted by atomic mass is 16.7. The summed E-state index contributed by atoms with van der Waals surface area (Å²) in [7, 11) is -0.555. The van der Waals surface area contributed by atoms with Crippen molar-refractivity contribution >= 4 is 18.5 Å². The van der Waals surface area contributed by atoms with Crippen LogP contribution in [-0.4, -0.2) is 47.2 Å². The monoisotopic (exact) mass is 302 g/mol. The van der Waals surface area contributed by atoms with Crippen LogP contribution in [0.5, 0.6) is 0 Å². The first-order chi connectivity index (χ1) is 10.3. The lowest BCUT2D eigenvalue weighted by Crippen LogP contribution is -2.42. The first kappa shape index (κ1) is 15.5. The Hall–Kier alpha value is -1.40. The summed E-state index contributed by atoms with van der Waals surface area (Å²) in [6, 6.07) is 3.69. The Kier molecular flexibility index (Phi) is 3.77. The number of hydrogen-bond acceptors (Lipinski definition) is 4. The van der Waals surface area contributed by atoms with Gasteiger partial charge in [0.2, 0.25) is 0 Å². The van der Waals surface area contributed by atoms with Crippen LogP contribution in [0.2, 0.25) is 0 Å². The maximum atomic E-state index is 12.7. The fourth-order valence-corrected chi connectivity index (χ4v) is 2.83. The highest BCUT2D eigenvalue weighted by Gasteiger charge is 2.52. The molecule has 5 nitrogen and oxygen atoms in total. The van der Waals surface area contributed by atoms with Gasteiger partial charge in [0, 0.05) is 24.7 Å². The molecule has 2 fully saturated rings. The predicted octanol–water partition coefficient (Wildman–Crippen LogP) is 1.62.